The first kappa shape index (κ1) is 13.4. The molecule has 0 fully saturated rings. The van der Waals surface area contributed by atoms with Gasteiger partial charge in [0.2, 0.25) is 5.96 Å². The monoisotopic (exact) mass is 330 g/mol. The van der Waals surface area contributed by atoms with Gasteiger partial charge in [0, 0.05) is 40.4 Å². The lowest BCUT2D eigenvalue weighted by Gasteiger charge is -2.19. The Kier molecular flexibility index (Phi) is 3.13. The van der Waals surface area contributed by atoms with Gasteiger partial charge in [-0.1, -0.05) is 17.7 Å². The highest BCUT2D eigenvalue weighted by atomic mass is 35.5. The molecule has 0 radical (unpaired) electrons. The number of nitrogens with one attached hydrogen (secondary N) is 3. The number of hydrogen-bond acceptors (Lipinski definition) is 5. The third kappa shape index (κ3) is 2.36. The fourth-order valence-electron chi connectivity index (χ4n) is 2.32. The second kappa shape index (κ2) is 5.15. The fourth-order valence-corrected chi connectivity index (χ4v) is 3.30. The standard InChI is InChI=1S/C15H11ClN4OS/c16-9-5-12(21)14-13(6-9)22-20-15(19-14)18-10-2-1-8-3-4-17-11(8)7-10/h1-7,17,21H,(H2,18,19,20). The average Bonchev–Trinajstić information content (AvgIpc) is 2.95. The smallest absolute Gasteiger partial charge is 0.212 e. The van der Waals surface area contributed by atoms with Crippen molar-refractivity contribution in [1.82, 2.24) is 4.98 Å². The lowest BCUT2D eigenvalue weighted by Crippen LogP contribution is -2.23. The minimum atomic E-state index is 0.101. The molecule has 5 nitrogen and oxygen atoms in total. The maximum Gasteiger partial charge on any atom is 0.212 e. The van der Waals surface area contributed by atoms with Gasteiger partial charge < -0.3 is 20.7 Å². The lowest BCUT2D eigenvalue weighted by atomic mass is 10.2. The number of H-pyrrole nitrogens is 1. The second-order valence-corrected chi connectivity index (χ2v) is 6.10. The van der Waals surface area contributed by atoms with Crippen LogP contribution in [0, 0.1) is 0 Å². The number of aromatic amines is 1. The number of phenols is 1. The zero-order chi connectivity index (χ0) is 15.1. The van der Waals surface area contributed by atoms with E-state index in [4.69, 9.17) is 11.6 Å². The summed E-state index contributed by atoms with van der Waals surface area (Å²) >= 11 is 7.18. The van der Waals surface area contributed by atoms with Crippen molar-refractivity contribution in [3.63, 3.8) is 0 Å². The Morgan fingerprint density at radius 1 is 1.18 bits per heavy atom. The van der Waals surface area contributed by atoms with Gasteiger partial charge in [0.25, 0.3) is 0 Å². The summed E-state index contributed by atoms with van der Waals surface area (Å²) in [6, 6.07) is 11.3. The molecule has 22 heavy (non-hydrogen) atoms. The summed E-state index contributed by atoms with van der Waals surface area (Å²) in [4.78, 5) is 3.96. The fraction of sp³-hybridized carbons (Fsp3) is 0. The normalized spacial score (nSPS) is 13.4. The quantitative estimate of drug-likeness (QED) is 0.393. The van der Waals surface area contributed by atoms with Gasteiger partial charge in [-0.25, -0.2) is 0 Å². The zero-order valence-corrected chi connectivity index (χ0v) is 12.8. The molecule has 4 N–H and O–H groups in total. The SMILES string of the molecule is Oc1cc(Cl)cc2c1NC(Nc1ccc3cc[nH]c3c1)=NS2. The van der Waals surface area contributed by atoms with Gasteiger partial charge in [-0.3, -0.25) is 0 Å². The molecule has 0 aliphatic carbocycles. The molecule has 0 atom stereocenters. The summed E-state index contributed by atoms with van der Waals surface area (Å²) in [5.41, 5.74) is 2.55. The molecule has 110 valence electrons. The van der Waals surface area contributed by atoms with Gasteiger partial charge >= 0.3 is 0 Å². The number of rotatable bonds is 1. The summed E-state index contributed by atoms with van der Waals surface area (Å²) < 4.78 is 4.35. The molecule has 2 heterocycles. The maximum absolute atomic E-state index is 9.99. The van der Waals surface area contributed by atoms with Crippen LogP contribution in [0.25, 0.3) is 10.9 Å². The van der Waals surface area contributed by atoms with E-state index < -0.39 is 0 Å². The molecule has 3 aromatic rings. The molecular formula is C15H11ClN4OS. The first-order valence-corrected chi connectivity index (χ1v) is 7.73. The average molecular weight is 331 g/mol. The minimum absolute atomic E-state index is 0.101. The molecule has 4 rings (SSSR count). The highest BCUT2D eigenvalue weighted by Gasteiger charge is 2.17. The highest BCUT2D eigenvalue weighted by Crippen LogP contribution is 2.40. The number of guanidine groups is 1. The van der Waals surface area contributed by atoms with E-state index in [0.717, 1.165) is 21.5 Å². The van der Waals surface area contributed by atoms with Crippen LogP contribution in [-0.2, 0) is 0 Å². The van der Waals surface area contributed by atoms with Gasteiger partial charge in [0.1, 0.15) is 5.75 Å². The van der Waals surface area contributed by atoms with Crippen molar-refractivity contribution in [2.75, 3.05) is 10.6 Å². The minimum Gasteiger partial charge on any atom is -0.506 e. The van der Waals surface area contributed by atoms with Crippen molar-refractivity contribution in [3.05, 3.63) is 47.6 Å². The molecule has 0 bridgehead atoms. The Labute approximate surface area is 135 Å². The molecule has 0 saturated heterocycles. The third-order valence-corrected chi connectivity index (χ3v) is 4.35. The predicted octanol–water partition coefficient (Wildman–Crippen LogP) is 4.43. The van der Waals surface area contributed by atoms with Crippen LogP contribution in [-0.4, -0.2) is 16.1 Å². The van der Waals surface area contributed by atoms with Crippen molar-refractivity contribution in [2.24, 2.45) is 4.40 Å². The summed E-state index contributed by atoms with van der Waals surface area (Å²) in [5, 5.41) is 17.9. The van der Waals surface area contributed by atoms with E-state index >= 15 is 0 Å². The van der Waals surface area contributed by atoms with Crippen LogP contribution >= 0.6 is 23.5 Å². The number of fused-ring (bicyclic) bond motifs is 2. The molecule has 7 heteroatoms. The van der Waals surface area contributed by atoms with Gasteiger partial charge in [0.15, 0.2) is 0 Å². The topological polar surface area (TPSA) is 72.4 Å². The van der Waals surface area contributed by atoms with Gasteiger partial charge in [-0.05, 0) is 29.7 Å². The number of aromatic hydroxyl groups is 1. The number of benzene rings is 2. The second-order valence-electron chi connectivity index (χ2n) is 4.86. The van der Waals surface area contributed by atoms with E-state index in [9.17, 15) is 5.11 Å². The first-order valence-electron chi connectivity index (χ1n) is 6.58. The number of halogens is 1. The molecule has 1 aliphatic heterocycles. The van der Waals surface area contributed by atoms with Crippen LogP contribution in [0.5, 0.6) is 5.75 Å². The van der Waals surface area contributed by atoms with Crippen LogP contribution in [0.3, 0.4) is 0 Å². The largest absolute Gasteiger partial charge is 0.506 e. The Bertz CT molecular complexity index is 906. The van der Waals surface area contributed by atoms with E-state index in [0.29, 0.717) is 16.7 Å². The number of aromatic nitrogens is 1. The van der Waals surface area contributed by atoms with E-state index in [1.54, 1.807) is 6.07 Å². The number of phenolic OH excluding ortho intramolecular Hbond substituents is 1. The summed E-state index contributed by atoms with van der Waals surface area (Å²) in [6.45, 7) is 0. The molecule has 0 amide bonds. The molecular weight excluding hydrogens is 320 g/mol. The maximum atomic E-state index is 9.99. The van der Waals surface area contributed by atoms with Gasteiger partial charge in [-0.15, -0.1) is 0 Å². The number of hydrogen-bond donors (Lipinski definition) is 4. The van der Waals surface area contributed by atoms with Gasteiger partial charge in [0.05, 0.1) is 10.6 Å². The van der Waals surface area contributed by atoms with Crippen LogP contribution in [0.2, 0.25) is 5.02 Å². The Morgan fingerprint density at radius 2 is 2.09 bits per heavy atom. The van der Waals surface area contributed by atoms with Crippen molar-refractivity contribution in [2.45, 2.75) is 4.90 Å². The van der Waals surface area contributed by atoms with Gasteiger partial charge in [-0.2, -0.15) is 4.40 Å². The Morgan fingerprint density at radius 3 is 3.00 bits per heavy atom. The molecule has 0 spiro atoms. The Hall–Kier alpha value is -2.31. The highest BCUT2D eigenvalue weighted by molar-refractivity contribution is 7.98. The predicted molar refractivity (Wildman–Crippen MR) is 92.0 cm³/mol. The van der Waals surface area contributed by atoms with Crippen LogP contribution in [0.1, 0.15) is 0 Å². The lowest BCUT2D eigenvalue weighted by molar-refractivity contribution is 0.476. The number of anilines is 2. The summed E-state index contributed by atoms with van der Waals surface area (Å²) in [7, 11) is 0. The van der Waals surface area contributed by atoms with Crippen molar-refractivity contribution in [3.8, 4) is 5.75 Å². The van der Waals surface area contributed by atoms with Crippen molar-refractivity contribution in [1.29, 1.82) is 0 Å². The Balaban J connectivity index is 1.60. The molecule has 0 saturated carbocycles. The van der Waals surface area contributed by atoms with Crippen LogP contribution < -0.4 is 10.6 Å². The molecule has 1 aromatic heterocycles. The van der Waals surface area contributed by atoms with Crippen molar-refractivity contribution >= 4 is 51.8 Å². The van der Waals surface area contributed by atoms with E-state index in [-0.39, 0.29) is 5.75 Å². The molecule has 2 aromatic carbocycles. The summed E-state index contributed by atoms with van der Waals surface area (Å²) in [5.74, 6) is 0.657. The first-order chi connectivity index (χ1) is 10.7. The van der Waals surface area contributed by atoms with E-state index in [2.05, 4.69) is 20.0 Å². The number of nitrogens with zero attached hydrogens (tertiary/aromatic N) is 1. The van der Waals surface area contributed by atoms with Crippen LogP contribution in [0.4, 0.5) is 11.4 Å². The summed E-state index contributed by atoms with van der Waals surface area (Å²) in [6.07, 6.45) is 1.90. The third-order valence-electron chi connectivity index (χ3n) is 3.34. The molecule has 1 aliphatic rings. The zero-order valence-electron chi connectivity index (χ0n) is 11.2. The van der Waals surface area contributed by atoms with Crippen molar-refractivity contribution < 1.29 is 5.11 Å². The molecule has 0 unspecified atom stereocenters. The van der Waals surface area contributed by atoms with E-state index in [1.165, 1.54) is 18.0 Å². The van der Waals surface area contributed by atoms with Crippen LogP contribution in [0.15, 0.2) is 51.9 Å². The van der Waals surface area contributed by atoms with E-state index in [1.807, 2.05) is 30.5 Å².